The topological polar surface area (TPSA) is 23.8 Å². The highest BCUT2D eigenvalue weighted by Gasteiger charge is 2.34. The molecule has 11 heavy (non-hydrogen) atoms. The Bertz CT molecular complexity index is 178. The smallest absolute Gasteiger partial charge is 0.0797 e. The zero-order valence-corrected chi connectivity index (χ0v) is 7.72. The molecule has 0 aromatic carbocycles. The predicted octanol–water partition coefficient (Wildman–Crippen LogP) is 1.39. The van der Waals surface area contributed by atoms with Gasteiger partial charge in [-0.1, -0.05) is 0 Å². The van der Waals surface area contributed by atoms with Crippen LogP contribution in [0, 0.1) is 16.7 Å². The van der Waals surface area contributed by atoms with Crippen LogP contribution in [0.25, 0.3) is 0 Å². The molecule has 1 aliphatic heterocycles. The van der Waals surface area contributed by atoms with E-state index in [4.69, 9.17) is 5.26 Å². The highest BCUT2D eigenvalue weighted by molar-refractivity contribution is 4.96. The van der Waals surface area contributed by atoms with Crippen molar-refractivity contribution in [2.45, 2.75) is 19.8 Å². The fraction of sp³-hybridized carbons (Fsp3) is 0.889. The van der Waals surface area contributed by atoms with Crippen LogP contribution in [0.3, 0.4) is 0 Å². The molecule has 0 N–H and O–H groups in total. The van der Waals surface area contributed by atoms with Crippen molar-refractivity contribution in [3.63, 3.8) is 0 Å². The minimum absolute atomic E-state index is 0.0340. The van der Waals surface area contributed by atoms with E-state index in [1.165, 1.54) is 0 Å². The molecule has 0 spiro atoms. The zero-order chi connectivity index (χ0) is 8.54. The van der Waals surface area contributed by atoms with E-state index < -0.39 is 0 Å². The summed E-state index contributed by atoms with van der Waals surface area (Å²) in [6, 6.07) is 2.41. The lowest BCUT2D eigenvalue weighted by atomic mass is 9.81. The number of rotatable bonds is 0. The molecule has 0 saturated carbocycles. The first-order valence-corrected chi connectivity index (χ1v) is 4.21. The number of hydrogen-bond donors (Lipinski definition) is 0. The number of hydrogen-bond acceptors (Lipinski definition) is 1. The Hall–Kier alpha value is -0.550. The van der Waals surface area contributed by atoms with E-state index in [1.54, 1.807) is 0 Å². The molecule has 2 heteroatoms. The monoisotopic (exact) mass is 153 g/mol. The third-order valence-electron chi connectivity index (χ3n) is 2.81. The Kier molecular flexibility index (Phi) is 1.94. The third kappa shape index (κ3) is 1.94. The third-order valence-corrected chi connectivity index (χ3v) is 2.81. The van der Waals surface area contributed by atoms with Crippen LogP contribution in [0.2, 0.25) is 0 Å². The lowest BCUT2D eigenvalue weighted by molar-refractivity contribution is -0.897. The van der Waals surface area contributed by atoms with Crippen LogP contribution in [0.4, 0.5) is 0 Å². The van der Waals surface area contributed by atoms with Gasteiger partial charge in [0, 0.05) is 12.8 Å². The van der Waals surface area contributed by atoms with Crippen LogP contribution in [0.5, 0.6) is 0 Å². The SMILES string of the molecule is CC1(C#N)CC[N+](C)(C)CC1. The Morgan fingerprint density at radius 2 is 1.73 bits per heavy atom. The zero-order valence-electron chi connectivity index (χ0n) is 7.72. The van der Waals surface area contributed by atoms with Gasteiger partial charge in [0.05, 0.1) is 38.7 Å². The number of nitriles is 1. The summed E-state index contributed by atoms with van der Waals surface area (Å²) in [5.41, 5.74) is -0.0340. The first-order chi connectivity index (χ1) is 4.97. The molecule has 62 valence electrons. The lowest BCUT2D eigenvalue weighted by Crippen LogP contribution is -2.48. The van der Waals surface area contributed by atoms with Gasteiger partial charge < -0.3 is 4.48 Å². The summed E-state index contributed by atoms with van der Waals surface area (Å²) in [4.78, 5) is 0. The minimum Gasteiger partial charge on any atom is -0.328 e. The number of piperidine rings is 1. The van der Waals surface area contributed by atoms with E-state index in [0.717, 1.165) is 30.4 Å². The van der Waals surface area contributed by atoms with Gasteiger partial charge in [0.2, 0.25) is 0 Å². The fourth-order valence-corrected chi connectivity index (χ4v) is 1.45. The summed E-state index contributed by atoms with van der Waals surface area (Å²) in [5.74, 6) is 0. The van der Waals surface area contributed by atoms with Gasteiger partial charge in [-0.3, -0.25) is 0 Å². The van der Waals surface area contributed by atoms with Crippen LogP contribution < -0.4 is 0 Å². The summed E-state index contributed by atoms with van der Waals surface area (Å²) in [6.45, 7) is 4.36. The minimum atomic E-state index is -0.0340. The predicted molar refractivity (Wildman–Crippen MR) is 44.8 cm³/mol. The van der Waals surface area contributed by atoms with Crippen LogP contribution in [-0.4, -0.2) is 31.7 Å². The Balaban J connectivity index is 2.56. The first kappa shape index (κ1) is 8.55. The van der Waals surface area contributed by atoms with E-state index in [-0.39, 0.29) is 5.41 Å². The largest absolute Gasteiger partial charge is 0.328 e. The van der Waals surface area contributed by atoms with Crippen molar-refractivity contribution in [2.75, 3.05) is 27.2 Å². The van der Waals surface area contributed by atoms with Gasteiger partial charge in [0.1, 0.15) is 0 Å². The van der Waals surface area contributed by atoms with Crippen LogP contribution in [0.1, 0.15) is 19.8 Å². The van der Waals surface area contributed by atoms with Crippen molar-refractivity contribution in [2.24, 2.45) is 5.41 Å². The summed E-state index contributed by atoms with van der Waals surface area (Å²) < 4.78 is 1.08. The summed E-state index contributed by atoms with van der Waals surface area (Å²) >= 11 is 0. The number of nitrogens with zero attached hydrogens (tertiary/aromatic N) is 2. The van der Waals surface area contributed by atoms with Crippen LogP contribution >= 0.6 is 0 Å². The molecular formula is C9H17N2+. The van der Waals surface area contributed by atoms with E-state index >= 15 is 0 Å². The highest BCUT2D eigenvalue weighted by Crippen LogP contribution is 2.31. The van der Waals surface area contributed by atoms with Crippen molar-refractivity contribution in [3.05, 3.63) is 0 Å². The Labute approximate surface area is 69.0 Å². The second-order valence-corrected chi connectivity index (χ2v) is 4.56. The van der Waals surface area contributed by atoms with Crippen LogP contribution in [0.15, 0.2) is 0 Å². The number of quaternary nitrogens is 1. The molecule has 0 unspecified atom stereocenters. The average molecular weight is 153 g/mol. The second kappa shape index (κ2) is 2.49. The molecule has 1 heterocycles. The molecule has 1 fully saturated rings. The van der Waals surface area contributed by atoms with E-state index in [0.29, 0.717) is 0 Å². The maximum atomic E-state index is 8.86. The standard InChI is InChI=1S/C9H17N2/c1-9(8-10)4-6-11(2,3)7-5-9/h4-7H2,1-3H3/q+1. The molecule has 0 aromatic heterocycles. The lowest BCUT2D eigenvalue weighted by Gasteiger charge is -2.39. The highest BCUT2D eigenvalue weighted by atomic mass is 15.3. The number of likely N-dealkylation sites (tertiary alicyclic amines) is 1. The molecule has 1 aliphatic rings. The quantitative estimate of drug-likeness (QED) is 0.482. The molecule has 2 nitrogen and oxygen atoms in total. The molecule has 0 aliphatic carbocycles. The molecule has 0 bridgehead atoms. The van der Waals surface area contributed by atoms with Crippen molar-refractivity contribution in [1.82, 2.24) is 0 Å². The van der Waals surface area contributed by atoms with E-state index in [2.05, 4.69) is 27.1 Å². The van der Waals surface area contributed by atoms with Gasteiger partial charge in [0.25, 0.3) is 0 Å². The van der Waals surface area contributed by atoms with Gasteiger partial charge >= 0.3 is 0 Å². The van der Waals surface area contributed by atoms with Crippen molar-refractivity contribution < 1.29 is 4.48 Å². The summed E-state index contributed by atoms with van der Waals surface area (Å²) in [5, 5.41) is 8.86. The van der Waals surface area contributed by atoms with Gasteiger partial charge in [0.15, 0.2) is 0 Å². The van der Waals surface area contributed by atoms with Gasteiger partial charge in [-0.25, -0.2) is 0 Å². The maximum absolute atomic E-state index is 8.86. The maximum Gasteiger partial charge on any atom is 0.0797 e. The summed E-state index contributed by atoms with van der Waals surface area (Å²) in [6.07, 6.45) is 2.10. The molecule has 1 rings (SSSR count). The Morgan fingerprint density at radius 1 is 1.27 bits per heavy atom. The van der Waals surface area contributed by atoms with E-state index in [9.17, 15) is 0 Å². The van der Waals surface area contributed by atoms with E-state index in [1.807, 2.05) is 0 Å². The fourth-order valence-electron chi connectivity index (χ4n) is 1.45. The normalized spacial score (nSPS) is 27.5. The molecule has 0 aromatic rings. The van der Waals surface area contributed by atoms with Gasteiger partial charge in [-0.2, -0.15) is 5.26 Å². The van der Waals surface area contributed by atoms with Gasteiger partial charge in [-0.05, 0) is 6.92 Å². The summed E-state index contributed by atoms with van der Waals surface area (Å²) in [7, 11) is 4.47. The molecule has 0 radical (unpaired) electrons. The van der Waals surface area contributed by atoms with Crippen molar-refractivity contribution >= 4 is 0 Å². The molecule has 0 amide bonds. The Morgan fingerprint density at radius 3 is 2.09 bits per heavy atom. The van der Waals surface area contributed by atoms with Crippen molar-refractivity contribution in [1.29, 1.82) is 5.26 Å². The molecular weight excluding hydrogens is 136 g/mol. The van der Waals surface area contributed by atoms with Crippen LogP contribution in [-0.2, 0) is 0 Å². The average Bonchev–Trinajstić information content (AvgIpc) is 1.97. The van der Waals surface area contributed by atoms with Crippen molar-refractivity contribution in [3.8, 4) is 6.07 Å². The van der Waals surface area contributed by atoms with Gasteiger partial charge in [-0.15, -0.1) is 0 Å². The molecule has 0 atom stereocenters. The second-order valence-electron chi connectivity index (χ2n) is 4.56. The first-order valence-electron chi connectivity index (χ1n) is 4.21. The molecule has 1 saturated heterocycles.